The van der Waals surface area contributed by atoms with Gasteiger partial charge in [-0.05, 0) is 38.5 Å². The molecule has 13 heteroatoms. The molecule has 2 atom stereocenters. The predicted molar refractivity (Wildman–Crippen MR) is 176 cm³/mol. The molecule has 0 aliphatic heterocycles. The van der Waals surface area contributed by atoms with Crippen LogP contribution in [0.1, 0.15) is 168 Å². The van der Waals surface area contributed by atoms with Gasteiger partial charge in [-0.15, -0.1) is 0 Å². The van der Waals surface area contributed by atoms with Crippen molar-refractivity contribution < 1.29 is 48.5 Å². The Bertz CT molecular complexity index is 789. The minimum Gasteiger partial charge on any atom is -0.550 e. The zero-order chi connectivity index (χ0) is 35.0. The van der Waals surface area contributed by atoms with Crippen LogP contribution in [0, 0.1) is 0 Å². The number of rotatable bonds is 28. The van der Waals surface area contributed by atoms with E-state index in [1.54, 1.807) is 0 Å². The number of hydrogen-bond donors (Lipinski definition) is 2. The molecule has 0 saturated carbocycles. The summed E-state index contributed by atoms with van der Waals surface area (Å²) in [6.07, 6.45) is 20.0. The average Bonchev–Trinajstić information content (AvgIpc) is 3.00. The molecule has 0 fully saturated rings. The average molecular weight is 681 g/mol. The van der Waals surface area contributed by atoms with Crippen molar-refractivity contribution in [2.45, 2.75) is 180 Å². The number of ether oxygens (including phenoxy) is 2. The molecule has 0 bridgehead atoms. The normalized spacial score (nSPS) is 11.7. The van der Waals surface area contributed by atoms with Gasteiger partial charge in [0.25, 0.3) is 0 Å². The molecule has 4 N–H and O–H groups in total. The summed E-state index contributed by atoms with van der Waals surface area (Å²) in [6, 6.07) is -2.19. The second-order valence-electron chi connectivity index (χ2n) is 11.8. The first-order valence-electron chi connectivity index (χ1n) is 17.3. The van der Waals surface area contributed by atoms with Crippen molar-refractivity contribution in [1.82, 2.24) is 0 Å². The van der Waals surface area contributed by atoms with Gasteiger partial charge >= 0.3 is 46.9 Å². The van der Waals surface area contributed by atoms with Gasteiger partial charge in [0.1, 0.15) is 12.1 Å². The van der Waals surface area contributed by atoms with Crippen molar-refractivity contribution in [3.05, 3.63) is 0 Å². The fraction of sp³-hybridized carbons (Fsp3) is 0.824. The van der Waals surface area contributed by atoms with Gasteiger partial charge in [0.2, 0.25) is 0 Å². The standard InChI is InChI=1S/2C17H31NO5.Mg/c2*1-2-3-4-5-6-7-8-9-10-11-16(21)23-17(22)14(18)12-13-15(19)20;/h2*14H,2-13,18H2,1H3,(H,19,20);/q;;+2/p-2. The van der Waals surface area contributed by atoms with Gasteiger partial charge in [-0.25, -0.2) is 9.59 Å². The molecule has 0 aromatic heterocycles. The molecule has 268 valence electrons. The maximum Gasteiger partial charge on any atom is 2.00 e. The molecule has 0 aromatic carbocycles. The minimum absolute atomic E-state index is 0. The van der Waals surface area contributed by atoms with Crippen molar-refractivity contribution in [2.24, 2.45) is 11.5 Å². The molecule has 2 unspecified atom stereocenters. The van der Waals surface area contributed by atoms with Gasteiger partial charge in [-0.3, -0.25) is 9.59 Å². The second kappa shape index (κ2) is 35.2. The Morgan fingerprint density at radius 2 is 0.723 bits per heavy atom. The predicted octanol–water partition coefficient (Wildman–Crippen LogP) is 3.29. The van der Waals surface area contributed by atoms with E-state index in [2.05, 4.69) is 23.3 Å². The first kappa shape index (κ1) is 49.3. The summed E-state index contributed by atoms with van der Waals surface area (Å²) in [6.45, 7) is 4.39. The molecular formula is C34H60MgN2O10. The number of carboxylic acids is 2. The topological polar surface area (TPSA) is 219 Å². The molecule has 0 aliphatic carbocycles. The van der Waals surface area contributed by atoms with Crippen LogP contribution in [0.15, 0.2) is 0 Å². The van der Waals surface area contributed by atoms with Crippen molar-refractivity contribution in [3.8, 4) is 0 Å². The molecule has 0 spiro atoms. The molecule has 0 rings (SSSR count). The van der Waals surface area contributed by atoms with E-state index in [0.29, 0.717) is 12.8 Å². The summed E-state index contributed by atoms with van der Waals surface area (Å²) in [7, 11) is 0. The van der Waals surface area contributed by atoms with E-state index in [9.17, 15) is 39.0 Å². The minimum atomic E-state index is -1.28. The maximum atomic E-state index is 11.5. The largest absolute Gasteiger partial charge is 2.00 e. The third-order valence-electron chi connectivity index (χ3n) is 7.32. The van der Waals surface area contributed by atoms with Gasteiger partial charge < -0.3 is 40.7 Å². The number of carboxylic acid groups (broad SMARTS) is 2. The Balaban J connectivity index is -0.000000807. The van der Waals surface area contributed by atoms with Crippen molar-refractivity contribution in [1.29, 1.82) is 0 Å². The van der Waals surface area contributed by atoms with Crippen LogP contribution in [0.4, 0.5) is 0 Å². The molecule has 0 aliphatic rings. The van der Waals surface area contributed by atoms with Crippen molar-refractivity contribution in [2.75, 3.05) is 0 Å². The monoisotopic (exact) mass is 680 g/mol. The number of unbranched alkanes of at least 4 members (excludes halogenated alkanes) is 16. The molecule has 0 saturated heterocycles. The summed E-state index contributed by atoms with van der Waals surface area (Å²) in [5, 5.41) is 20.5. The van der Waals surface area contributed by atoms with Crippen LogP contribution in [-0.2, 0) is 38.2 Å². The maximum absolute atomic E-state index is 11.5. The van der Waals surface area contributed by atoms with Gasteiger partial charge in [-0.1, -0.05) is 117 Å². The Labute approximate surface area is 298 Å². The Hall–Kier alpha value is -2.09. The van der Waals surface area contributed by atoms with E-state index < -0.39 is 47.9 Å². The van der Waals surface area contributed by atoms with E-state index in [1.807, 2.05) is 0 Å². The Morgan fingerprint density at radius 1 is 0.468 bits per heavy atom. The fourth-order valence-electron chi connectivity index (χ4n) is 4.42. The van der Waals surface area contributed by atoms with E-state index in [-0.39, 0.29) is 61.6 Å². The number of carbonyl (C=O) groups excluding carboxylic acids is 6. The Kier molecular flexibility index (Phi) is 36.9. The van der Waals surface area contributed by atoms with Crippen LogP contribution >= 0.6 is 0 Å². The number of aliphatic carboxylic acids is 2. The summed E-state index contributed by atoms with van der Waals surface area (Å²) in [5.41, 5.74) is 10.9. The molecule has 0 radical (unpaired) electrons. The van der Waals surface area contributed by atoms with Crippen LogP contribution in [-0.4, -0.2) is 71.0 Å². The summed E-state index contributed by atoms with van der Waals surface area (Å²) in [5.74, 6) is -5.49. The van der Waals surface area contributed by atoms with Crippen LogP contribution < -0.4 is 21.7 Å². The molecule has 0 heterocycles. The molecule has 12 nitrogen and oxygen atoms in total. The smallest absolute Gasteiger partial charge is 0.550 e. The molecule has 0 aromatic rings. The van der Waals surface area contributed by atoms with Crippen molar-refractivity contribution >= 4 is 58.9 Å². The number of carbonyl (C=O) groups is 6. The van der Waals surface area contributed by atoms with Gasteiger partial charge in [0.05, 0.1) is 0 Å². The molecule has 0 amide bonds. The summed E-state index contributed by atoms with van der Waals surface area (Å²) < 4.78 is 9.20. The zero-order valence-corrected chi connectivity index (χ0v) is 30.5. The van der Waals surface area contributed by atoms with E-state index in [1.165, 1.54) is 77.0 Å². The third-order valence-corrected chi connectivity index (χ3v) is 7.32. The SMILES string of the molecule is CCCCCCCCCCCC(=O)OC(=O)C(N)CCC(=O)[O-].CCCCCCCCCCCC(=O)OC(=O)C(N)CCC(=O)[O-].[Mg+2]. The van der Waals surface area contributed by atoms with E-state index in [0.717, 1.165) is 25.7 Å². The Morgan fingerprint density at radius 3 is 0.979 bits per heavy atom. The number of esters is 4. The quantitative estimate of drug-likeness (QED) is 0.0526. The number of hydrogen-bond acceptors (Lipinski definition) is 12. The third kappa shape index (κ3) is 36.6. The first-order chi connectivity index (χ1) is 21.9. The number of nitrogens with two attached hydrogens (primary N) is 2. The fourth-order valence-corrected chi connectivity index (χ4v) is 4.42. The second-order valence-corrected chi connectivity index (χ2v) is 11.8. The van der Waals surface area contributed by atoms with Crippen LogP contribution in [0.5, 0.6) is 0 Å². The summed E-state index contributed by atoms with van der Waals surface area (Å²) >= 11 is 0. The van der Waals surface area contributed by atoms with Gasteiger partial charge in [-0.2, -0.15) is 0 Å². The van der Waals surface area contributed by atoms with Crippen LogP contribution in [0.2, 0.25) is 0 Å². The first-order valence-corrected chi connectivity index (χ1v) is 17.3. The molecule has 47 heavy (non-hydrogen) atoms. The van der Waals surface area contributed by atoms with Crippen LogP contribution in [0.25, 0.3) is 0 Å². The van der Waals surface area contributed by atoms with Crippen LogP contribution in [0.3, 0.4) is 0 Å². The van der Waals surface area contributed by atoms with E-state index >= 15 is 0 Å². The molecular weight excluding hydrogens is 621 g/mol. The van der Waals surface area contributed by atoms with Gasteiger partial charge in [0, 0.05) is 24.8 Å². The summed E-state index contributed by atoms with van der Waals surface area (Å²) in [4.78, 5) is 66.4. The zero-order valence-electron chi connectivity index (χ0n) is 29.1. The van der Waals surface area contributed by atoms with E-state index in [4.69, 9.17) is 11.5 Å². The van der Waals surface area contributed by atoms with Gasteiger partial charge in [0.15, 0.2) is 0 Å². The van der Waals surface area contributed by atoms with Crippen molar-refractivity contribution in [3.63, 3.8) is 0 Å².